The standard InChI is InChI=1S/C11H10FN3O2/c1-7(11(16)17)10-13-6-14-15(10)9-4-2-3-8(12)5-9/h2-7H,1H3,(H,16,17). The van der Waals surface area contributed by atoms with Crippen molar-refractivity contribution in [2.24, 2.45) is 0 Å². The molecule has 0 saturated heterocycles. The molecule has 17 heavy (non-hydrogen) atoms. The maximum absolute atomic E-state index is 13.1. The van der Waals surface area contributed by atoms with Gasteiger partial charge in [-0.2, -0.15) is 5.10 Å². The molecule has 0 radical (unpaired) electrons. The third-order valence-electron chi connectivity index (χ3n) is 2.38. The van der Waals surface area contributed by atoms with Crippen molar-refractivity contribution in [3.8, 4) is 5.69 Å². The van der Waals surface area contributed by atoms with E-state index in [1.165, 1.54) is 36.1 Å². The predicted molar refractivity (Wildman–Crippen MR) is 57.4 cm³/mol. The molecule has 0 aliphatic rings. The average molecular weight is 235 g/mol. The minimum absolute atomic E-state index is 0.267. The van der Waals surface area contributed by atoms with E-state index in [0.717, 1.165) is 0 Å². The van der Waals surface area contributed by atoms with Crippen molar-refractivity contribution in [3.05, 3.63) is 42.2 Å². The molecular formula is C11H10FN3O2. The van der Waals surface area contributed by atoms with E-state index in [4.69, 9.17) is 5.11 Å². The van der Waals surface area contributed by atoms with Gasteiger partial charge in [-0.25, -0.2) is 14.1 Å². The van der Waals surface area contributed by atoms with E-state index in [-0.39, 0.29) is 5.82 Å². The maximum atomic E-state index is 13.1. The van der Waals surface area contributed by atoms with Crippen LogP contribution in [0.5, 0.6) is 0 Å². The van der Waals surface area contributed by atoms with Crippen molar-refractivity contribution in [2.45, 2.75) is 12.8 Å². The van der Waals surface area contributed by atoms with Crippen LogP contribution in [0.25, 0.3) is 5.69 Å². The Morgan fingerprint density at radius 3 is 2.94 bits per heavy atom. The molecule has 0 spiro atoms. The number of hydrogen-bond acceptors (Lipinski definition) is 3. The van der Waals surface area contributed by atoms with Gasteiger partial charge in [-0.05, 0) is 25.1 Å². The van der Waals surface area contributed by atoms with Gasteiger partial charge >= 0.3 is 5.97 Å². The van der Waals surface area contributed by atoms with E-state index >= 15 is 0 Å². The molecule has 0 aliphatic carbocycles. The number of halogens is 1. The van der Waals surface area contributed by atoms with Crippen molar-refractivity contribution in [3.63, 3.8) is 0 Å². The first kappa shape index (κ1) is 11.3. The summed E-state index contributed by atoms with van der Waals surface area (Å²) in [6.07, 6.45) is 1.25. The second-order valence-corrected chi connectivity index (χ2v) is 3.57. The van der Waals surface area contributed by atoms with Gasteiger partial charge in [-0.1, -0.05) is 6.07 Å². The molecule has 88 valence electrons. The van der Waals surface area contributed by atoms with Gasteiger partial charge in [0.2, 0.25) is 0 Å². The Labute approximate surface area is 96.5 Å². The molecule has 0 bridgehead atoms. The molecule has 1 aromatic carbocycles. The Morgan fingerprint density at radius 2 is 2.29 bits per heavy atom. The Balaban J connectivity index is 2.47. The van der Waals surface area contributed by atoms with Crippen molar-refractivity contribution in [1.82, 2.24) is 14.8 Å². The van der Waals surface area contributed by atoms with Gasteiger partial charge in [-0.3, -0.25) is 4.79 Å². The molecule has 2 aromatic rings. The third kappa shape index (κ3) is 2.15. The first-order valence-corrected chi connectivity index (χ1v) is 4.98. The molecule has 6 heteroatoms. The Morgan fingerprint density at radius 1 is 1.53 bits per heavy atom. The van der Waals surface area contributed by atoms with Crippen LogP contribution < -0.4 is 0 Å². The number of benzene rings is 1. The second-order valence-electron chi connectivity index (χ2n) is 3.57. The number of hydrogen-bond donors (Lipinski definition) is 1. The van der Waals surface area contributed by atoms with Gasteiger partial charge in [0.05, 0.1) is 5.69 Å². The molecule has 0 saturated carbocycles. The first-order valence-electron chi connectivity index (χ1n) is 4.98. The largest absolute Gasteiger partial charge is 0.481 e. The zero-order valence-corrected chi connectivity index (χ0v) is 9.04. The van der Waals surface area contributed by atoms with Crippen LogP contribution in [0, 0.1) is 5.82 Å². The molecule has 1 aromatic heterocycles. The minimum atomic E-state index is -1.00. The van der Waals surface area contributed by atoms with Crippen molar-refractivity contribution < 1.29 is 14.3 Å². The van der Waals surface area contributed by atoms with Gasteiger partial charge in [0.25, 0.3) is 0 Å². The van der Waals surface area contributed by atoms with Crippen LogP contribution in [-0.2, 0) is 4.79 Å². The lowest BCUT2D eigenvalue weighted by Gasteiger charge is -2.08. The highest BCUT2D eigenvalue weighted by Gasteiger charge is 2.20. The highest BCUT2D eigenvalue weighted by molar-refractivity contribution is 5.74. The molecule has 1 atom stereocenters. The summed E-state index contributed by atoms with van der Waals surface area (Å²) in [5.41, 5.74) is 0.450. The van der Waals surface area contributed by atoms with E-state index in [0.29, 0.717) is 5.69 Å². The summed E-state index contributed by atoms with van der Waals surface area (Å²) >= 11 is 0. The number of carboxylic acids is 1. The van der Waals surface area contributed by atoms with E-state index in [1.807, 2.05) is 0 Å². The Hall–Kier alpha value is -2.24. The van der Waals surface area contributed by atoms with Gasteiger partial charge in [0, 0.05) is 0 Å². The SMILES string of the molecule is CC(C(=O)O)c1ncnn1-c1cccc(F)c1. The van der Waals surface area contributed by atoms with Crippen LogP contribution in [0.2, 0.25) is 0 Å². The quantitative estimate of drug-likeness (QED) is 0.877. The lowest BCUT2D eigenvalue weighted by molar-refractivity contribution is -0.138. The zero-order chi connectivity index (χ0) is 12.4. The number of nitrogens with zero attached hydrogens (tertiary/aromatic N) is 3. The summed E-state index contributed by atoms with van der Waals surface area (Å²) in [6.45, 7) is 1.50. The number of aromatic nitrogens is 3. The average Bonchev–Trinajstić information content (AvgIpc) is 2.76. The van der Waals surface area contributed by atoms with Crippen LogP contribution in [-0.4, -0.2) is 25.8 Å². The Kier molecular flexibility index (Phi) is 2.86. The van der Waals surface area contributed by atoms with Crippen LogP contribution in [0.4, 0.5) is 4.39 Å². The van der Waals surface area contributed by atoms with E-state index in [9.17, 15) is 9.18 Å². The lowest BCUT2D eigenvalue weighted by Crippen LogP contribution is -2.14. The number of rotatable bonds is 3. The van der Waals surface area contributed by atoms with Gasteiger partial charge < -0.3 is 5.11 Å². The first-order chi connectivity index (χ1) is 8.09. The van der Waals surface area contributed by atoms with Gasteiger partial charge in [-0.15, -0.1) is 0 Å². The topological polar surface area (TPSA) is 68.0 Å². The molecule has 0 aliphatic heterocycles. The lowest BCUT2D eigenvalue weighted by atomic mass is 10.1. The fourth-order valence-electron chi connectivity index (χ4n) is 1.46. The van der Waals surface area contributed by atoms with Crippen LogP contribution in [0.15, 0.2) is 30.6 Å². The fraction of sp³-hybridized carbons (Fsp3) is 0.182. The summed E-state index contributed by atoms with van der Waals surface area (Å²) in [4.78, 5) is 14.8. The summed E-state index contributed by atoms with van der Waals surface area (Å²) < 4.78 is 14.4. The van der Waals surface area contributed by atoms with Crippen molar-refractivity contribution in [2.75, 3.05) is 0 Å². The van der Waals surface area contributed by atoms with Crippen molar-refractivity contribution >= 4 is 5.97 Å². The van der Waals surface area contributed by atoms with Gasteiger partial charge in [0.15, 0.2) is 0 Å². The minimum Gasteiger partial charge on any atom is -0.481 e. The molecular weight excluding hydrogens is 225 g/mol. The van der Waals surface area contributed by atoms with E-state index in [1.54, 1.807) is 6.07 Å². The number of carboxylic acid groups (broad SMARTS) is 1. The molecule has 0 amide bonds. The monoisotopic (exact) mass is 235 g/mol. The van der Waals surface area contributed by atoms with E-state index in [2.05, 4.69) is 10.1 Å². The molecule has 1 N–H and O–H groups in total. The second kappa shape index (κ2) is 4.32. The van der Waals surface area contributed by atoms with E-state index < -0.39 is 17.7 Å². The molecule has 5 nitrogen and oxygen atoms in total. The summed E-state index contributed by atoms with van der Waals surface area (Å²) in [6, 6.07) is 5.74. The fourth-order valence-corrected chi connectivity index (χ4v) is 1.46. The third-order valence-corrected chi connectivity index (χ3v) is 2.38. The van der Waals surface area contributed by atoms with Crippen LogP contribution >= 0.6 is 0 Å². The van der Waals surface area contributed by atoms with Crippen molar-refractivity contribution in [1.29, 1.82) is 0 Å². The summed E-state index contributed by atoms with van der Waals surface area (Å²) in [7, 11) is 0. The summed E-state index contributed by atoms with van der Waals surface area (Å²) in [5.74, 6) is -1.95. The molecule has 1 heterocycles. The highest BCUT2D eigenvalue weighted by Crippen LogP contribution is 2.17. The van der Waals surface area contributed by atoms with Crippen LogP contribution in [0.3, 0.4) is 0 Å². The molecule has 2 rings (SSSR count). The smallest absolute Gasteiger partial charge is 0.313 e. The summed E-state index contributed by atoms with van der Waals surface area (Å²) in [5, 5.41) is 12.8. The predicted octanol–water partition coefficient (Wildman–Crippen LogP) is 1.59. The normalized spacial score (nSPS) is 12.4. The number of carbonyl (C=O) groups is 1. The Bertz CT molecular complexity index is 553. The zero-order valence-electron chi connectivity index (χ0n) is 9.04. The number of aliphatic carboxylic acids is 1. The highest BCUT2D eigenvalue weighted by atomic mass is 19.1. The van der Waals surface area contributed by atoms with Crippen LogP contribution in [0.1, 0.15) is 18.7 Å². The molecule has 0 fully saturated rings. The maximum Gasteiger partial charge on any atom is 0.313 e. The van der Waals surface area contributed by atoms with Gasteiger partial charge in [0.1, 0.15) is 23.9 Å². The molecule has 1 unspecified atom stereocenters.